The summed E-state index contributed by atoms with van der Waals surface area (Å²) < 4.78 is 5.93. The van der Waals surface area contributed by atoms with Crippen molar-refractivity contribution < 1.29 is 14.3 Å². The second-order valence-electron chi connectivity index (χ2n) is 9.44. The summed E-state index contributed by atoms with van der Waals surface area (Å²) in [5.41, 5.74) is 1.70. The quantitative estimate of drug-likeness (QED) is 0.703. The third-order valence-corrected chi connectivity index (χ3v) is 8.68. The van der Waals surface area contributed by atoms with Gasteiger partial charge in [-0.25, -0.2) is 0 Å². The molecule has 5 aliphatic carbocycles. The molecule has 0 aromatic carbocycles. The van der Waals surface area contributed by atoms with Gasteiger partial charge >= 0.3 is 5.97 Å². The largest absolute Gasteiger partial charge is 0.462 e. The van der Waals surface area contributed by atoms with Crippen LogP contribution in [0.4, 0.5) is 0 Å². The molecular weight excluding hydrogens is 312 g/mol. The van der Waals surface area contributed by atoms with Gasteiger partial charge in [0, 0.05) is 18.8 Å². The molecule has 3 heteroatoms. The summed E-state index contributed by atoms with van der Waals surface area (Å²) in [5, 5.41) is 0. The van der Waals surface area contributed by atoms with E-state index in [1.54, 1.807) is 6.92 Å². The van der Waals surface area contributed by atoms with Gasteiger partial charge in [0.15, 0.2) is 5.78 Å². The van der Waals surface area contributed by atoms with Crippen LogP contribution in [0.15, 0.2) is 11.6 Å². The maximum absolute atomic E-state index is 11.8. The minimum Gasteiger partial charge on any atom is -0.462 e. The number of hydrogen-bond donors (Lipinski definition) is 0. The molecule has 5 rings (SSSR count). The summed E-state index contributed by atoms with van der Waals surface area (Å²) in [4.78, 5) is 23.6. The molecule has 8 atom stereocenters. The number of fused-ring (bicyclic) bond motifs is 7. The van der Waals surface area contributed by atoms with Gasteiger partial charge in [-0.05, 0) is 86.5 Å². The van der Waals surface area contributed by atoms with Gasteiger partial charge in [-0.2, -0.15) is 0 Å². The first-order valence-electron chi connectivity index (χ1n) is 10.5. The maximum atomic E-state index is 11.8. The molecule has 0 unspecified atom stereocenters. The lowest BCUT2D eigenvalue weighted by atomic mass is 9.50. The number of carbonyl (C=O) groups excluding carboxylic acids is 2. The predicted molar refractivity (Wildman–Crippen MR) is 94.6 cm³/mol. The minimum absolute atomic E-state index is 0.0918. The van der Waals surface area contributed by atoms with E-state index in [1.165, 1.54) is 31.3 Å². The zero-order valence-electron chi connectivity index (χ0n) is 15.5. The first-order chi connectivity index (χ1) is 12.0. The molecule has 4 saturated carbocycles. The van der Waals surface area contributed by atoms with Crippen molar-refractivity contribution in [2.24, 2.45) is 40.9 Å². The fourth-order valence-corrected chi connectivity index (χ4v) is 7.85. The first kappa shape index (κ1) is 16.1. The Hall–Kier alpha value is -1.12. The number of allylic oxidation sites excluding steroid dienone is 1. The molecule has 0 saturated heterocycles. The van der Waals surface area contributed by atoms with Crippen LogP contribution in [-0.2, 0) is 14.3 Å². The van der Waals surface area contributed by atoms with Crippen LogP contribution < -0.4 is 0 Å². The zero-order chi connectivity index (χ0) is 17.3. The number of ketones is 1. The van der Waals surface area contributed by atoms with Gasteiger partial charge in [-0.3, -0.25) is 9.59 Å². The van der Waals surface area contributed by atoms with Crippen LogP contribution in [-0.4, -0.2) is 17.9 Å². The maximum Gasteiger partial charge on any atom is 0.302 e. The van der Waals surface area contributed by atoms with E-state index in [0.29, 0.717) is 17.6 Å². The SMILES string of the molecule is CC[C@]12CC[C@H]3[C@@H](CCC4=CC(=O)CC[C@@H]43)[C@@H]1[C@H]1C[C@H]1[C@@H]2OC(C)=O. The zero-order valence-corrected chi connectivity index (χ0v) is 15.5. The molecule has 3 nitrogen and oxygen atoms in total. The highest BCUT2D eigenvalue weighted by Gasteiger charge is 2.71. The average Bonchev–Trinajstić information content (AvgIpc) is 3.32. The smallest absolute Gasteiger partial charge is 0.302 e. The van der Waals surface area contributed by atoms with Crippen molar-refractivity contribution in [3.63, 3.8) is 0 Å². The van der Waals surface area contributed by atoms with E-state index in [2.05, 4.69) is 6.92 Å². The summed E-state index contributed by atoms with van der Waals surface area (Å²) in [5.74, 6) is 4.67. The van der Waals surface area contributed by atoms with Crippen LogP contribution in [0.3, 0.4) is 0 Å². The molecule has 136 valence electrons. The molecule has 0 radical (unpaired) electrons. The van der Waals surface area contributed by atoms with Crippen LogP contribution in [0.5, 0.6) is 0 Å². The highest BCUT2D eigenvalue weighted by molar-refractivity contribution is 5.91. The van der Waals surface area contributed by atoms with Crippen LogP contribution in [0.2, 0.25) is 0 Å². The van der Waals surface area contributed by atoms with Crippen LogP contribution in [0.25, 0.3) is 0 Å². The minimum atomic E-state index is -0.0918. The molecule has 0 N–H and O–H groups in total. The monoisotopic (exact) mass is 342 g/mol. The third-order valence-electron chi connectivity index (χ3n) is 8.68. The molecule has 0 bridgehead atoms. The number of carbonyl (C=O) groups is 2. The summed E-state index contributed by atoms with van der Waals surface area (Å²) in [6.45, 7) is 3.90. The second kappa shape index (κ2) is 5.44. The Labute approximate surface area is 150 Å². The molecule has 5 aliphatic rings. The topological polar surface area (TPSA) is 43.4 Å². The van der Waals surface area contributed by atoms with Crippen LogP contribution in [0, 0.1) is 40.9 Å². The normalized spacial score (nSPS) is 50.1. The molecule has 0 aromatic heterocycles. The summed E-state index contributed by atoms with van der Waals surface area (Å²) in [6, 6.07) is 0. The Kier molecular flexibility index (Phi) is 3.50. The van der Waals surface area contributed by atoms with Gasteiger partial charge in [0.2, 0.25) is 0 Å². The van der Waals surface area contributed by atoms with Crippen molar-refractivity contribution in [1.82, 2.24) is 0 Å². The van der Waals surface area contributed by atoms with Crippen molar-refractivity contribution in [3.05, 3.63) is 11.6 Å². The van der Waals surface area contributed by atoms with Gasteiger partial charge in [-0.1, -0.05) is 12.5 Å². The molecule has 0 spiro atoms. The lowest BCUT2D eigenvalue weighted by molar-refractivity contribution is -0.162. The average molecular weight is 342 g/mol. The second-order valence-corrected chi connectivity index (χ2v) is 9.44. The van der Waals surface area contributed by atoms with Crippen LogP contribution >= 0.6 is 0 Å². The Morgan fingerprint density at radius 3 is 2.76 bits per heavy atom. The van der Waals surface area contributed by atoms with Crippen molar-refractivity contribution in [2.45, 2.75) is 71.3 Å². The number of ether oxygens (including phenoxy) is 1. The van der Waals surface area contributed by atoms with E-state index in [4.69, 9.17) is 4.74 Å². The molecule has 0 aliphatic heterocycles. The first-order valence-corrected chi connectivity index (χ1v) is 10.5. The van der Waals surface area contributed by atoms with Crippen molar-refractivity contribution in [1.29, 1.82) is 0 Å². The van der Waals surface area contributed by atoms with E-state index < -0.39 is 0 Å². The molecule has 4 fully saturated rings. The fraction of sp³-hybridized carbons (Fsp3) is 0.818. The standard InChI is InChI=1S/C22H30O3/c1-3-22-9-8-16-15-7-5-14(24)10-13(15)4-6-17(16)20(22)18-11-19(18)21(22)25-12(2)23/h10,15-21H,3-9,11H2,1-2H3/t15-,16+,17+,18-,19+,20+,21-,22-/m0/s1. The lowest BCUT2D eigenvalue weighted by Gasteiger charge is -2.55. The van der Waals surface area contributed by atoms with Crippen molar-refractivity contribution >= 4 is 11.8 Å². The van der Waals surface area contributed by atoms with E-state index >= 15 is 0 Å². The highest BCUT2D eigenvalue weighted by Crippen LogP contribution is 2.73. The summed E-state index contributed by atoms with van der Waals surface area (Å²) in [7, 11) is 0. The van der Waals surface area contributed by atoms with E-state index in [1.807, 2.05) is 6.08 Å². The van der Waals surface area contributed by atoms with Gasteiger partial charge in [0.1, 0.15) is 6.10 Å². The molecular formula is C22H30O3. The van der Waals surface area contributed by atoms with Gasteiger partial charge in [-0.15, -0.1) is 0 Å². The number of rotatable bonds is 2. The lowest BCUT2D eigenvalue weighted by Crippen LogP contribution is -2.51. The van der Waals surface area contributed by atoms with Crippen molar-refractivity contribution in [3.8, 4) is 0 Å². The van der Waals surface area contributed by atoms with Gasteiger partial charge in [0.25, 0.3) is 0 Å². The fourth-order valence-electron chi connectivity index (χ4n) is 7.85. The summed E-state index contributed by atoms with van der Waals surface area (Å²) >= 11 is 0. The molecule has 0 aromatic rings. The summed E-state index contributed by atoms with van der Waals surface area (Å²) in [6.07, 6.45) is 11.3. The highest BCUT2D eigenvalue weighted by atomic mass is 16.5. The van der Waals surface area contributed by atoms with E-state index in [0.717, 1.165) is 49.4 Å². The molecule has 0 heterocycles. The van der Waals surface area contributed by atoms with Crippen LogP contribution in [0.1, 0.15) is 65.2 Å². The molecule has 25 heavy (non-hydrogen) atoms. The van der Waals surface area contributed by atoms with E-state index in [-0.39, 0.29) is 17.5 Å². The van der Waals surface area contributed by atoms with E-state index in [9.17, 15) is 9.59 Å². The number of hydrogen-bond acceptors (Lipinski definition) is 3. The van der Waals surface area contributed by atoms with Gasteiger partial charge < -0.3 is 4.74 Å². The van der Waals surface area contributed by atoms with Gasteiger partial charge in [0.05, 0.1) is 0 Å². The Balaban J connectivity index is 1.47. The number of esters is 1. The Bertz CT molecular complexity index is 650. The van der Waals surface area contributed by atoms with Crippen molar-refractivity contribution in [2.75, 3.05) is 0 Å². The third kappa shape index (κ3) is 2.16. The molecule has 0 amide bonds. The Morgan fingerprint density at radius 2 is 2.00 bits per heavy atom. The predicted octanol–water partition coefficient (Wildman–Crippen LogP) is 4.31. The Morgan fingerprint density at radius 1 is 1.16 bits per heavy atom.